The molecule has 0 spiro atoms. The molecule has 0 saturated heterocycles. The van der Waals surface area contributed by atoms with Crippen LogP contribution in [-0.2, 0) is 4.79 Å². The first-order valence-electron chi connectivity index (χ1n) is 8.03. The zero-order chi connectivity index (χ0) is 15.8. The summed E-state index contributed by atoms with van der Waals surface area (Å²) in [6.45, 7) is 3.95. The molecule has 1 N–H and O–H groups in total. The highest BCUT2D eigenvalue weighted by atomic mass is 32.2. The number of hydrogen-bond donors (Lipinski definition) is 1. The van der Waals surface area contributed by atoms with Crippen molar-refractivity contribution in [1.29, 1.82) is 0 Å². The summed E-state index contributed by atoms with van der Waals surface area (Å²) >= 11 is 1.85. The second-order valence-electron chi connectivity index (χ2n) is 5.26. The van der Waals surface area contributed by atoms with E-state index in [1.165, 1.54) is 38.5 Å². The second kappa shape index (κ2) is 15.5. The molecular weight excluding hydrogens is 280 g/mol. The van der Waals surface area contributed by atoms with Gasteiger partial charge < -0.3 is 5.11 Å². The van der Waals surface area contributed by atoms with Crippen LogP contribution in [0.25, 0.3) is 0 Å². The Bertz CT molecular complexity index is 341. The lowest BCUT2D eigenvalue weighted by molar-refractivity contribution is -0.140. The van der Waals surface area contributed by atoms with Gasteiger partial charge in [0.05, 0.1) is 5.92 Å². The summed E-state index contributed by atoms with van der Waals surface area (Å²) in [4.78, 5) is 10.6. The Morgan fingerprint density at radius 2 is 1.90 bits per heavy atom. The first-order chi connectivity index (χ1) is 10.2. The molecular formula is C18H30O2S. The minimum Gasteiger partial charge on any atom is -0.481 e. The van der Waals surface area contributed by atoms with Crippen LogP contribution in [0.5, 0.6) is 0 Å². The zero-order valence-electron chi connectivity index (χ0n) is 13.5. The molecule has 0 aromatic heterocycles. The zero-order valence-corrected chi connectivity index (χ0v) is 14.3. The topological polar surface area (TPSA) is 37.3 Å². The highest BCUT2D eigenvalue weighted by Gasteiger charge is 2.06. The molecule has 0 amide bonds. The van der Waals surface area contributed by atoms with Gasteiger partial charge in [0.1, 0.15) is 0 Å². The third kappa shape index (κ3) is 15.3. The number of carbonyl (C=O) groups is 1. The molecule has 0 aliphatic carbocycles. The molecule has 21 heavy (non-hydrogen) atoms. The summed E-state index contributed by atoms with van der Waals surface area (Å²) in [7, 11) is 0. The maximum atomic E-state index is 10.6. The van der Waals surface area contributed by atoms with Crippen LogP contribution in [0.2, 0.25) is 0 Å². The molecule has 0 bridgehead atoms. The highest BCUT2D eigenvalue weighted by Crippen LogP contribution is 2.06. The van der Waals surface area contributed by atoms with Gasteiger partial charge in [-0.05, 0) is 31.4 Å². The van der Waals surface area contributed by atoms with Gasteiger partial charge in [-0.1, -0.05) is 51.7 Å². The van der Waals surface area contributed by atoms with E-state index >= 15 is 0 Å². The van der Waals surface area contributed by atoms with E-state index in [0.29, 0.717) is 6.42 Å². The average molecular weight is 311 g/mol. The Labute approximate surface area is 134 Å². The van der Waals surface area contributed by atoms with Crippen LogP contribution in [0.4, 0.5) is 0 Å². The Kier molecular flexibility index (Phi) is 14.8. The summed E-state index contributed by atoms with van der Waals surface area (Å²) in [5.74, 6) is 0.901. The summed E-state index contributed by atoms with van der Waals surface area (Å²) < 4.78 is 0. The number of aliphatic carboxylic acids is 1. The van der Waals surface area contributed by atoms with E-state index in [0.717, 1.165) is 11.5 Å². The molecule has 2 nitrogen and oxygen atoms in total. The molecule has 0 saturated carbocycles. The van der Waals surface area contributed by atoms with Crippen LogP contribution in [-0.4, -0.2) is 22.6 Å². The van der Waals surface area contributed by atoms with Gasteiger partial charge in [0.25, 0.3) is 0 Å². The van der Waals surface area contributed by atoms with E-state index in [1.54, 1.807) is 6.92 Å². The Balaban J connectivity index is 3.42. The Hall–Kier alpha value is -0.920. The van der Waals surface area contributed by atoms with Crippen molar-refractivity contribution in [2.45, 2.75) is 58.8 Å². The third-order valence-corrected chi connectivity index (χ3v) is 4.02. The molecule has 0 radical (unpaired) electrons. The van der Waals surface area contributed by atoms with Crippen molar-refractivity contribution in [3.8, 4) is 0 Å². The van der Waals surface area contributed by atoms with Crippen molar-refractivity contribution in [3.05, 3.63) is 30.0 Å². The fourth-order valence-corrected chi connectivity index (χ4v) is 2.35. The van der Waals surface area contributed by atoms with Crippen LogP contribution >= 0.6 is 11.8 Å². The maximum absolute atomic E-state index is 10.6. The fraction of sp³-hybridized carbons (Fsp3) is 0.667. The van der Waals surface area contributed by atoms with Crippen molar-refractivity contribution in [3.63, 3.8) is 0 Å². The molecule has 120 valence electrons. The lowest BCUT2D eigenvalue weighted by atomic mass is 10.1. The predicted octanol–water partition coefficient (Wildman–Crippen LogP) is 5.46. The van der Waals surface area contributed by atoms with Crippen molar-refractivity contribution in [2.24, 2.45) is 5.92 Å². The fourth-order valence-electron chi connectivity index (χ4n) is 1.72. The molecule has 0 heterocycles. The molecule has 0 fully saturated rings. The minimum absolute atomic E-state index is 0.321. The largest absolute Gasteiger partial charge is 0.481 e. The van der Waals surface area contributed by atoms with Gasteiger partial charge in [-0.2, -0.15) is 11.8 Å². The van der Waals surface area contributed by atoms with E-state index in [2.05, 4.69) is 24.8 Å². The molecule has 3 heteroatoms. The second-order valence-corrected chi connectivity index (χ2v) is 6.34. The summed E-state index contributed by atoms with van der Waals surface area (Å²) in [5.41, 5.74) is 3.04. The van der Waals surface area contributed by atoms with Crippen LogP contribution in [0.1, 0.15) is 58.8 Å². The Morgan fingerprint density at radius 3 is 2.62 bits per heavy atom. The van der Waals surface area contributed by atoms with Crippen molar-refractivity contribution in [1.82, 2.24) is 0 Å². The van der Waals surface area contributed by atoms with Crippen LogP contribution in [0.15, 0.2) is 30.0 Å². The van der Waals surface area contributed by atoms with Gasteiger partial charge in [-0.3, -0.25) is 4.79 Å². The predicted molar refractivity (Wildman–Crippen MR) is 93.9 cm³/mol. The molecule has 0 aliphatic rings. The molecule has 0 rings (SSSR count). The lowest BCUT2D eigenvalue weighted by Crippen LogP contribution is -2.07. The number of unbranched alkanes of at least 4 members (excludes halogenated alkanes) is 5. The van der Waals surface area contributed by atoms with Gasteiger partial charge in [0.2, 0.25) is 0 Å². The van der Waals surface area contributed by atoms with E-state index in [9.17, 15) is 4.79 Å². The minimum atomic E-state index is -0.748. The number of hydrogen-bond acceptors (Lipinski definition) is 2. The van der Waals surface area contributed by atoms with Crippen molar-refractivity contribution < 1.29 is 9.90 Å². The van der Waals surface area contributed by atoms with E-state index < -0.39 is 5.97 Å². The Morgan fingerprint density at radius 1 is 1.14 bits per heavy atom. The third-order valence-electron chi connectivity index (χ3n) is 3.18. The van der Waals surface area contributed by atoms with Crippen LogP contribution in [0, 0.1) is 5.92 Å². The molecule has 1 unspecified atom stereocenters. The monoisotopic (exact) mass is 310 g/mol. The van der Waals surface area contributed by atoms with Crippen molar-refractivity contribution >= 4 is 17.7 Å². The normalized spacial score (nSPS) is 12.1. The molecule has 1 atom stereocenters. The van der Waals surface area contributed by atoms with E-state index in [1.807, 2.05) is 23.9 Å². The van der Waals surface area contributed by atoms with Crippen molar-refractivity contribution in [2.75, 3.05) is 11.5 Å². The number of carboxylic acid groups (broad SMARTS) is 1. The lowest BCUT2D eigenvalue weighted by Gasteiger charge is -1.98. The quantitative estimate of drug-likeness (QED) is 0.279. The van der Waals surface area contributed by atoms with Gasteiger partial charge >= 0.3 is 5.97 Å². The molecule has 0 aliphatic heterocycles. The standard InChI is InChI=1S/C18H30O2S/c1-3-4-5-6-7-8-9-12-15-21-16-13-10-11-14-17(2)18(19)20/h9,11-13,17H,3-8,14-16H2,1-2H3,(H,19,20)/b12-9-. The average Bonchev–Trinajstić information content (AvgIpc) is 2.47. The first-order valence-corrected chi connectivity index (χ1v) is 9.18. The number of thioether (sulfide) groups is 1. The summed E-state index contributed by atoms with van der Waals surface area (Å²) in [6, 6.07) is 0. The highest BCUT2D eigenvalue weighted by molar-refractivity contribution is 7.99. The first kappa shape index (κ1) is 20.1. The summed E-state index contributed by atoms with van der Waals surface area (Å²) in [5, 5.41) is 8.72. The number of rotatable bonds is 13. The number of allylic oxidation sites excluding steroid dienone is 1. The van der Waals surface area contributed by atoms with Gasteiger partial charge in [0, 0.05) is 11.5 Å². The van der Waals surface area contributed by atoms with Gasteiger partial charge in [-0.15, -0.1) is 5.73 Å². The van der Waals surface area contributed by atoms with E-state index in [-0.39, 0.29) is 5.92 Å². The SMILES string of the molecule is CCCCCCC/C=C\CSCC=C=CCC(C)C(=O)O. The molecule has 0 aromatic carbocycles. The van der Waals surface area contributed by atoms with Gasteiger partial charge in [-0.25, -0.2) is 0 Å². The van der Waals surface area contributed by atoms with Crippen LogP contribution < -0.4 is 0 Å². The number of carboxylic acids is 1. The smallest absolute Gasteiger partial charge is 0.306 e. The summed E-state index contributed by atoms with van der Waals surface area (Å²) in [6.07, 6.45) is 16.8. The van der Waals surface area contributed by atoms with E-state index in [4.69, 9.17) is 5.11 Å². The maximum Gasteiger partial charge on any atom is 0.306 e. The molecule has 0 aromatic rings. The van der Waals surface area contributed by atoms with Crippen LogP contribution in [0.3, 0.4) is 0 Å². The van der Waals surface area contributed by atoms with Gasteiger partial charge in [0.15, 0.2) is 0 Å².